The normalized spacial score (nSPS) is 10.8. The highest BCUT2D eigenvalue weighted by Crippen LogP contribution is 2.12. The van der Waals surface area contributed by atoms with Crippen LogP contribution in [0.15, 0.2) is 0 Å². The van der Waals surface area contributed by atoms with Gasteiger partial charge in [0, 0.05) is 35.0 Å². The van der Waals surface area contributed by atoms with E-state index < -0.39 is 32.0 Å². The lowest BCUT2D eigenvalue weighted by atomic mass is 10.4. The Bertz CT molecular complexity index is 231. The fraction of sp³-hybridized carbons (Fsp3) is 1.00. The summed E-state index contributed by atoms with van der Waals surface area (Å²) in [4.78, 5) is 0. The standard InChI is InChI=1S/C6H13FO2.C5H10F2O2.C5H11FO2/c1-2-8-5-6-9-4-3-7;1-8-3-5(6,7)4-9-2;1-7-3-5(6)4-8-2/h2-6H2,1H3;3-4H2,1-2H3;5H,3-4H2,1-2H3. The van der Waals surface area contributed by atoms with Gasteiger partial charge in [0.05, 0.1) is 33.0 Å². The van der Waals surface area contributed by atoms with Gasteiger partial charge >= 0.3 is 0 Å². The van der Waals surface area contributed by atoms with E-state index in [-0.39, 0.29) is 19.8 Å². The SMILES string of the molecule is CCOCCOCCF.COCC(F)(F)COC.COCC(F)COC. The molecule has 0 spiro atoms. The molecule has 0 heterocycles. The molecule has 0 bridgehead atoms. The van der Waals surface area contributed by atoms with Crippen LogP contribution in [0, 0.1) is 0 Å². The summed E-state index contributed by atoms with van der Waals surface area (Å²) in [7, 11) is 5.37. The average molecular weight is 398 g/mol. The zero-order chi connectivity index (χ0) is 20.7. The number of alkyl halides is 4. The van der Waals surface area contributed by atoms with E-state index in [2.05, 4.69) is 18.9 Å². The molecule has 162 valence electrons. The monoisotopic (exact) mass is 398 g/mol. The Hall–Kier alpha value is -0.520. The third-order valence-electron chi connectivity index (χ3n) is 2.20. The summed E-state index contributed by atoms with van der Waals surface area (Å²) >= 11 is 0. The molecule has 0 saturated carbocycles. The summed E-state index contributed by atoms with van der Waals surface area (Å²) in [6.45, 7) is 2.52. The van der Waals surface area contributed by atoms with Gasteiger partial charge in [-0.25, -0.2) is 17.6 Å². The van der Waals surface area contributed by atoms with Gasteiger partial charge in [0.1, 0.15) is 26.1 Å². The molecule has 0 aliphatic rings. The number of halogens is 4. The molecule has 0 aromatic carbocycles. The van der Waals surface area contributed by atoms with E-state index in [1.54, 1.807) is 0 Å². The van der Waals surface area contributed by atoms with E-state index in [0.29, 0.717) is 19.8 Å². The van der Waals surface area contributed by atoms with Crippen LogP contribution in [-0.4, -0.2) is 100 Å². The van der Waals surface area contributed by atoms with Crippen LogP contribution in [0.4, 0.5) is 17.6 Å². The second-order valence-electron chi connectivity index (χ2n) is 4.73. The molecule has 10 heteroatoms. The Labute approximate surface area is 154 Å². The first-order chi connectivity index (χ1) is 12.3. The molecule has 0 saturated heterocycles. The highest BCUT2D eigenvalue weighted by Gasteiger charge is 2.28. The minimum atomic E-state index is -2.84. The average Bonchev–Trinajstić information content (AvgIpc) is 2.56. The second kappa shape index (κ2) is 24.5. The van der Waals surface area contributed by atoms with Gasteiger partial charge in [-0.1, -0.05) is 0 Å². The van der Waals surface area contributed by atoms with E-state index in [9.17, 15) is 17.6 Å². The van der Waals surface area contributed by atoms with Crippen molar-refractivity contribution >= 4 is 0 Å². The molecule has 0 aromatic heterocycles. The smallest absolute Gasteiger partial charge is 0.293 e. The molecule has 0 aromatic rings. The Morgan fingerprint density at radius 3 is 1.58 bits per heavy atom. The molecule has 0 radical (unpaired) electrons. The Morgan fingerprint density at radius 1 is 0.769 bits per heavy atom. The molecule has 0 unspecified atom stereocenters. The van der Waals surface area contributed by atoms with Crippen molar-refractivity contribution in [1.29, 1.82) is 0 Å². The van der Waals surface area contributed by atoms with E-state index in [4.69, 9.17) is 9.47 Å². The fourth-order valence-electron chi connectivity index (χ4n) is 1.29. The van der Waals surface area contributed by atoms with Crippen LogP contribution in [-0.2, 0) is 28.4 Å². The zero-order valence-electron chi connectivity index (χ0n) is 16.4. The van der Waals surface area contributed by atoms with Crippen molar-refractivity contribution in [2.24, 2.45) is 0 Å². The van der Waals surface area contributed by atoms with Crippen molar-refractivity contribution < 1.29 is 46.0 Å². The van der Waals surface area contributed by atoms with E-state index in [0.717, 1.165) is 0 Å². The van der Waals surface area contributed by atoms with Gasteiger partial charge in [-0.3, -0.25) is 0 Å². The topological polar surface area (TPSA) is 55.4 Å². The van der Waals surface area contributed by atoms with E-state index in [1.807, 2.05) is 6.92 Å². The Kier molecular flexibility index (Phi) is 28.4. The molecule has 6 nitrogen and oxygen atoms in total. The van der Waals surface area contributed by atoms with Crippen molar-refractivity contribution in [3.8, 4) is 0 Å². The van der Waals surface area contributed by atoms with Crippen LogP contribution in [0.2, 0.25) is 0 Å². The van der Waals surface area contributed by atoms with E-state index >= 15 is 0 Å². The third-order valence-corrected chi connectivity index (χ3v) is 2.20. The largest absolute Gasteiger partial charge is 0.382 e. The molecule has 26 heavy (non-hydrogen) atoms. The van der Waals surface area contributed by atoms with Crippen molar-refractivity contribution in [1.82, 2.24) is 0 Å². The molecule has 0 rings (SSSR count). The maximum absolute atomic E-state index is 12.2. The van der Waals surface area contributed by atoms with E-state index in [1.165, 1.54) is 28.4 Å². The van der Waals surface area contributed by atoms with Crippen LogP contribution in [0.3, 0.4) is 0 Å². The molecule has 0 aliphatic carbocycles. The second-order valence-corrected chi connectivity index (χ2v) is 4.73. The van der Waals surface area contributed by atoms with Gasteiger partial charge < -0.3 is 28.4 Å². The number of methoxy groups -OCH3 is 4. The van der Waals surface area contributed by atoms with Gasteiger partial charge in [0.2, 0.25) is 0 Å². The van der Waals surface area contributed by atoms with Gasteiger partial charge in [0.15, 0.2) is 0 Å². The minimum absolute atomic E-state index is 0.119. The molecule has 0 fully saturated rings. The van der Waals surface area contributed by atoms with Gasteiger partial charge in [0.25, 0.3) is 5.92 Å². The van der Waals surface area contributed by atoms with Crippen molar-refractivity contribution in [3.05, 3.63) is 0 Å². The first-order valence-electron chi connectivity index (χ1n) is 8.04. The maximum atomic E-state index is 12.2. The maximum Gasteiger partial charge on any atom is 0.293 e. The Balaban J connectivity index is -0.000000306. The quantitative estimate of drug-likeness (QED) is 0.331. The molecule has 0 atom stereocenters. The van der Waals surface area contributed by atoms with Gasteiger partial charge in [-0.15, -0.1) is 0 Å². The molecule has 0 N–H and O–H groups in total. The third kappa shape index (κ3) is 31.3. The van der Waals surface area contributed by atoms with Crippen LogP contribution in [0.5, 0.6) is 0 Å². The molecular formula is C16H34F4O6. The summed E-state index contributed by atoms with van der Waals surface area (Å²) in [6.07, 6.45) is -0.981. The highest BCUT2D eigenvalue weighted by atomic mass is 19.3. The minimum Gasteiger partial charge on any atom is -0.382 e. The molecule has 0 aliphatic heterocycles. The first-order valence-corrected chi connectivity index (χ1v) is 8.04. The number of hydrogen-bond acceptors (Lipinski definition) is 6. The highest BCUT2D eigenvalue weighted by molar-refractivity contribution is 4.62. The van der Waals surface area contributed by atoms with Crippen molar-refractivity contribution in [3.63, 3.8) is 0 Å². The van der Waals surface area contributed by atoms with Gasteiger partial charge in [-0.05, 0) is 6.92 Å². The Morgan fingerprint density at radius 2 is 1.23 bits per heavy atom. The predicted molar refractivity (Wildman–Crippen MR) is 90.6 cm³/mol. The number of ether oxygens (including phenoxy) is 6. The first kappa shape index (κ1) is 30.2. The molecule has 0 amide bonds. The summed E-state index contributed by atoms with van der Waals surface area (Å²) in [5, 5.41) is 0. The van der Waals surface area contributed by atoms with Gasteiger partial charge in [-0.2, -0.15) is 0 Å². The summed E-state index contributed by atoms with van der Waals surface area (Å²) in [6, 6.07) is 0. The predicted octanol–water partition coefficient (Wildman–Crippen LogP) is 2.54. The summed E-state index contributed by atoms with van der Waals surface area (Å²) in [5.41, 5.74) is 0. The lowest BCUT2D eigenvalue weighted by molar-refractivity contribution is -0.107. The number of rotatable bonds is 14. The zero-order valence-corrected chi connectivity index (χ0v) is 16.4. The van der Waals surface area contributed by atoms with Crippen LogP contribution in [0.1, 0.15) is 6.92 Å². The lowest BCUT2D eigenvalue weighted by Gasteiger charge is -2.12. The van der Waals surface area contributed by atoms with Crippen molar-refractivity contribution in [2.75, 3.05) is 88.0 Å². The van der Waals surface area contributed by atoms with Crippen LogP contribution < -0.4 is 0 Å². The summed E-state index contributed by atoms with van der Waals surface area (Å²) < 4.78 is 75.0. The lowest BCUT2D eigenvalue weighted by Crippen LogP contribution is -2.28. The van der Waals surface area contributed by atoms with Crippen LogP contribution >= 0.6 is 0 Å². The summed E-state index contributed by atoms with van der Waals surface area (Å²) in [5.74, 6) is -2.84. The fourth-order valence-corrected chi connectivity index (χ4v) is 1.29. The van der Waals surface area contributed by atoms with Crippen LogP contribution in [0.25, 0.3) is 0 Å². The number of hydrogen-bond donors (Lipinski definition) is 0. The van der Waals surface area contributed by atoms with Crippen molar-refractivity contribution in [2.45, 2.75) is 19.0 Å². The molecular weight excluding hydrogens is 364 g/mol.